The van der Waals surface area contributed by atoms with Crippen molar-refractivity contribution in [1.82, 2.24) is 15.5 Å². The Morgan fingerprint density at radius 2 is 1.68 bits per heavy atom. The second-order valence-corrected chi connectivity index (χ2v) is 6.93. The largest absolute Gasteiger partial charge is 0.355 e. The molecule has 3 aliphatic heterocycles. The maximum atomic E-state index is 12.0. The van der Waals surface area contributed by atoms with E-state index in [1.165, 1.54) is 58.0 Å². The van der Waals surface area contributed by atoms with Crippen LogP contribution >= 0.6 is 24.8 Å². The number of hydrogen-bond acceptors (Lipinski definition) is 3. The molecule has 0 radical (unpaired) electrons. The number of amides is 1. The molecule has 3 saturated heterocycles. The molecular weight excluding hydrogens is 321 g/mol. The van der Waals surface area contributed by atoms with Crippen molar-refractivity contribution in [3.05, 3.63) is 0 Å². The Hall–Kier alpha value is -0.0300. The average molecular weight is 352 g/mol. The summed E-state index contributed by atoms with van der Waals surface area (Å²) in [6, 6.07) is 1.39. The van der Waals surface area contributed by atoms with E-state index in [1.54, 1.807) is 0 Å². The zero-order chi connectivity index (χ0) is 13.8. The number of carbonyl (C=O) groups is 1. The lowest BCUT2D eigenvalue weighted by atomic mass is 9.89. The van der Waals surface area contributed by atoms with Gasteiger partial charge in [-0.1, -0.05) is 6.42 Å². The van der Waals surface area contributed by atoms with E-state index < -0.39 is 0 Å². The number of nitrogens with one attached hydrogen (secondary N) is 2. The predicted octanol–water partition coefficient (Wildman–Crippen LogP) is 2.35. The molecule has 0 aromatic carbocycles. The highest BCUT2D eigenvalue weighted by molar-refractivity contribution is 5.85. The van der Waals surface area contributed by atoms with Gasteiger partial charge in [-0.3, -0.25) is 4.79 Å². The van der Waals surface area contributed by atoms with Crippen molar-refractivity contribution in [2.75, 3.05) is 26.2 Å². The van der Waals surface area contributed by atoms with Gasteiger partial charge in [0.05, 0.1) is 0 Å². The fourth-order valence-electron chi connectivity index (χ4n) is 4.21. The first-order chi connectivity index (χ1) is 9.79. The molecule has 130 valence electrons. The van der Waals surface area contributed by atoms with Gasteiger partial charge in [0.2, 0.25) is 5.91 Å². The standard InChI is InChI=1S/C16H29N3O.2ClH/c20-16(17-6-9-19-7-2-1-3-8-19)12-13-10-14-4-5-15(11-13)18-14;;/h13-15,18H,1-12H2,(H,17,20);2*1H. The summed E-state index contributed by atoms with van der Waals surface area (Å²) in [5.41, 5.74) is 0. The number of carbonyl (C=O) groups excluding carboxylic acids is 1. The van der Waals surface area contributed by atoms with E-state index >= 15 is 0 Å². The van der Waals surface area contributed by atoms with Gasteiger partial charge in [-0.2, -0.15) is 0 Å². The van der Waals surface area contributed by atoms with Crippen LogP contribution in [0.3, 0.4) is 0 Å². The van der Waals surface area contributed by atoms with E-state index in [0.717, 1.165) is 19.5 Å². The highest BCUT2D eigenvalue weighted by atomic mass is 35.5. The lowest BCUT2D eigenvalue weighted by Crippen LogP contribution is -2.41. The summed E-state index contributed by atoms with van der Waals surface area (Å²) in [4.78, 5) is 14.5. The minimum Gasteiger partial charge on any atom is -0.355 e. The third kappa shape index (κ3) is 5.88. The van der Waals surface area contributed by atoms with Crippen molar-refractivity contribution in [1.29, 1.82) is 0 Å². The summed E-state index contributed by atoms with van der Waals surface area (Å²) in [6.45, 7) is 4.29. The van der Waals surface area contributed by atoms with Crippen LogP contribution in [-0.2, 0) is 4.79 Å². The van der Waals surface area contributed by atoms with Crippen LogP contribution in [0.4, 0.5) is 0 Å². The second-order valence-electron chi connectivity index (χ2n) is 6.93. The zero-order valence-corrected chi connectivity index (χ0v) is 15.0. The summed E-state index contributed by atoms with van der Waals surface area (Å²) in [7, 11) is 0. The first kappa shape index (κ1) is 20.0. The Labute approximate surface area is 147 Å². The van der Waals surface area contributed by atoms with E-state index in [1.807, 2.05) is 0 Å². The summed E-state index contributed by atoms with van der Waals surface area (Å²) < 4.78 is 0. The highest BCUT2D eigenvalue weighted by Gasteiger charge is 2.34. The Bertz CT molecular complexity index is 325. The SMILES string of the molecule is Cl.Cl.O=C(CC1CC2CCC(C1)N2)NCCN1CCCCC1. The minimum atomic E-state index is 0. The third-order valence-electron chi connectivity index (χ3n) is 5.24. The maximum Gasteiger partial charge on any atom is 0.220 e. The van der Waals surface area contributed by atoms with Gasteiger partial charge in [-0.25, -0.2) is 0 Å². The monoisotopic (exact) mass is 351 g/mol. The van der Waals surface area contributed by atoms with E-state index in [9.17, 15) is 4.79 Å². The number of nitrogens with zero attached hydrogens (tertiary/aromatic N) is 1. The number of halogens is 2. The molecular formula is C16H31Cl2N3O. The van der Waals surface area contributed by atoms with E-state index in [4.69, 9.17) is 0 Å². The number of piperidine rings is 2. The number of likely N-dealkylation sites (tertiary alicyclic amines) is 1. The van der Waals surface area contributed by atoms with Gasteiger partial charge in [0.15, 0.2) is 0 Å². The molecule has 0 aromatic heterocycles. The average Bonchev–Trinajstić information content (AvgIpc) is 2.79. The molecule has 3 fully saturated rings. The molecule has 2 unspecified atom stereocenters. The summed E-state index contributed by atoms with van der Waals surface area (Å²) >= 11 is 0. The van der Waals surface area contributed by atoms with Gasteiger partial charge in [0.25, 0.3) is 0 Å². The number of fused-ring (bicyclic) bond motifs is 2. The quantitative estimate of drug-likeness (QED) is 0.798. The summed E-state index contributed by atoms with van der Waals surface area (Å²) in [5.74, 6) is 0.886. The molecule has 0 spiro atoms. The van der Waals surface area contributed by atoms with Crippen LogP contribution < -0.4 is 10.6 Å². The van der Waals surface area contributed by atoms with Crippen LogP contribution in [0, 0.1) is 5.92 Å². The molecule has 1 amide bonds. The minimum absolute atomic E-state index is 0. The van der Waals surface area contributed by atoms with Crippen LogP contribution in [0.5, 0.6) is 0 Å². The van der Waals surface area contributed by atoms with Crippen LogP contribution in [0.25, 0.3) is 0 Å². The van der Waals surface area contributed by atoms with Gasteiger partial charge in [-0.15, -0.1) is 24.8 Å². The van der Waals surface area contributed by atoms with Crippen LogP contribution in [0.2, 0.25) is 0 Å². The molecule has 2 atom stereocenters. The number of rotatable bonds is 5. The molecule has 0 aliphatic carbocycles. The van der Waals surface area contributed by atoms with Gasteiger partial charge in [-0.05, 0) is 57.5 Å². The van der Waals surface area contributed by atoms with E-state index in [2.05, 4.69) is 15.5 Å². The Morgan fingerprint density at radius 1 is 1.05 bits per heavy atom. The molecule has 3 aliphatic rings. The first-order valence-corrected chi connectivity index (χ1v) is 8.55. The van der Waals surface area contributed by atoms with Crippen molar-refractivity contribution in [3.8, 4) is 0 Å². The highest BCUT2D eigenvalue weighted by Crippen LogP contribution is 2.32. The number of hydrogen-bond donors (Lipinski definition) is 2. The molecule has 0 aromatic rings. The van der Waals surface area contributed by atoms with Crippen LogP contribution in [0.15, 0.2) is 0 Å². The molecule has 4 nitrogen and oxygen atoms in total. The van der Waals surface area contributed by atoms with Gasteiger partial charge < -0.3 is 15.5 Å². The molecule has 22 heavy (non-hydrogen) atoms. The van der Waals surface area contributed by atoms with Crippen molar-refractivity contribution in [2.45, 2.75) is 63.5 Å². The van der Waals surface area contributed by atoms with Crippen LogP contribution in [-0.4, -0.2) is 49.1 Å². The van der Waals surface area contributed by atoms with Gasteiger partial charge in [0.1, 0.15) is 0 Å². The van der Waals surface area contributed by atoms with Crippen LogP contribution in [0.1, 0.15) is 51.4 Å². The second kappa shape index (κ2) is 9.96. The van der Waals surface area contributed by atoms with Gasteiger partial charge in [0, 0.05) is 31.6 Å². The third-order valence-corrected chi connectivity index (χ3v) is 5.24. The Balaban J connectivity index is 0.00000121. The molecule has 6 heteroatoms. The topological polar surface area (TPSA) is 44.4 Å². The van der Waals surface area contributed by atoms with Crippen molar-refractivity contribution in [2.24, 2.45) is 5.92 Å². The van der Waals surface area contributed by atoms with E-state index in [-0.39, 0.29) is 30.7 Å². The molecule has 0 saturated carbocycles. The Kier molecular flexibility index (Phi) is 9.07. The lowest BCUT2D eigenvalue weighted by Gasteiger charge is -2.29. The molecule has 3 rings (SSSR count). The lowest BCUT2D eigenvalue weighted by molar-refractivity contribution is -0.122. The zero-order valence-electron chi connectivity index (χ0n) is 13.4. The predicted molar refractivity (Wildman–Crippen MR) is 95.1 cm³/mol. The smallest absolute Gasteiger partial charge is 0.220 e. The summed E-state index contributed by atoms with van der Waals surface area (Å²) in [6.07, 6.45) is 9.81. The fraction of sp³-hybridized carbons (Fsp3) is 0.938. The maximum absolute atomic E-state index is 12.0. The molecule has 3 heterocycles. The fourth-order valence-corrected chi connectivity index (χ4v) is 4.21. The van der Waals surface area contributed by atoms with Crippen molar-refractivity contribution >= 4 is 30.7 Å². The molecule has 2 N–H and O–H groups in total. The van der Waals surface area contributed by atoms with Gasteiger partial charge >= 0.3 is 0 Å². The normalized spacial score (nSPS) is 31.0. The first-order valence-electron chi connectivity index (χ1n) is 8.55. The van der Waals surface area contributed by atoms with E-state index in [0.29, 0.717) is 18.0 Å². The summed E-state index contributed by atoms with van der Waals surface area (Å²) in [5, 5.41) is 6.77. The molecule has 2 bridgehead atoms. The Morgan fingerprint density at radius 3 is 2.32 bits per heavy atom. The van der Waals surface area contributed by atoms with Crippen molar-refractivity contribution in [3.63, 3.8) is 0 Å². The van der Waals surface area contributed by atoms with Crippen molar-refractivity contribution < 1.29 is 4.79 Å².